The molecule has 2 rings (SSSR count). The van der Waals surface area contributed by atoms with Gasteiger partial charge in [-0.3, -0.25) is 5.43 Å². The van der Waals surface area contributed by atoms with Crippen molar-refractivity contribution in [1.29, 1.82) is 0 Å². The van der Waals surface area contributed by atoms with E-state index in [0.717, 1.165) is 0 Å². The second-order valence-corrected chi connectivity index (χ2v) is 4.02. The van der Waals surface area contributed by atoms with Crippen molar-refractivity contribution < 1.29 is 22.7 Å². The zero-order valence-electron chi connectivity index (χ0n) is 10.7. The molecule has 0 fully saturated rings. The fraction of sp³-hybridized carbons (Fsp3) is 0.0769. The molecule has 0 amide bonds. The van der Waals surface area contributed by atoms with Crippen LogP contribution in [0.15, 0.2) is 29.4 Å². The van der Waals surface area contributed by atoms with Crippen LogP contribution in [0.25, 0.3) is 0 Å². The van der Waals surface area contributed by atoms with Crippen molar-refractivity contribution in [2.75, 3.05) is 5.43 Å². The number of hydrazone groups is 1. The zero-order valence-corrected chi connectivity index (χ0v) is 10.7. The Morgan fingerprint density at radius 3 is 2.24 bits per heavy atom. The Labute approximate surface area is 116 Å². The minimum Gasteiger partial charge on any atom is -0.507 e. The van der Waals surface area contributed by atoms with Gasteiger partial charge >= 0.3 is 0 Å². The highest BCUT2D eigenvalue weighted by atomic mass is 19.2. The Hall–Kier alpha value is -2.64. The summed E-state index contributed by atoms with van der Waals surface area (Å²) in [5, 5.41) is 13.2. The molecule has 0 spiro atoms. The third-order valence-corrected chi connectivity index (χ3v) is 2.63. The van der Waals surface area contributed by atoms with Crippen LogP contribution in [0.5, 0.6) is 5.75 Å². The second kappa shape index (κ2) is 5.78. The number of halogens is 4. The molecule has 0 unspecified atom stereocenters. The lowest BCUT2D eigenvalue weighted by molar-refractivity contribution is 0.411. The number of benzene rings is 1. The number of nitrogens with zero attached hydrogens (tertiary/aromatic N) is 2. The third-order valence-electron chi connectivity index (χ3n) is 2.63. The summed E-state index contributed by atoms with van der Waals surface area (Å²) in [6.45, 7) is 1.44. The van der Waals surface area contributed by atoms with E-state index in [2.05, 4.69) is 10.1 Å². The first kappa shape index (κ1) is 14.8. The first-order chi connectivity index (χ1) is 9.91. The Morgan fingerprint density at radius 1 is 1.10 bits per heavy atom. The number of hydrogen-bond donors (Lipinski definition) is 2. The number of pyridine rings is 1. The van der Waals surface area contributed by atoms with Gasteiger partial charge in [0.15, 0.2) is 0 Å². The number of phenolic OH excluding ortho intramolecular Hbond substituents is 1. The standard InChI is InChI=1S/C13H9F4N3O/c1-6(7-4-2-3-5-8(7)21)19-20-11-9(14)12(16)18-13(17)10(11)15/h2-5,21H,1H3,(H,18,20)/b19-6+. The molecule has 21 heavy (non-hydrogen) atoms. The van der Waals surface area contributed by atoms with Gasteiger partial charge in [0.2, 0.25) is 11.6 Å². The fourth-order valence-corrected chi connectivity index (χ4v) is 1.56. The molecule has 1 heterocycles. The molecule has 2 aromatic rings. The fourth-order valence-electron chi connectivity index (χ4n) is 1.56. The quantitative estimate of drug-likeness (QED) is 0.396. The van der Waals surface area contributed by atoms with Gasteiger partial charge in [0, 0.05) is 5.56 Å². The van der Waals surface area contributed by atoms with E-state index in [4.69, 9.17) is 0 Å². The molecule has 0 bridgehead atoms. The molecule has 110 valence electrons. The Morgan fingerprint density at radius 2 is 1.67 bits per heavy atom. The number of hydrogen-bond acceptors (Lipinski definition) is 4. The number of phenols is 1. The maximum absolute atomic E-state index is 13.3. The van der Waals surface area contributed by atoms with Crippen molar-refractivity contribution in [3.8, 4) is 5.75 Å². The number of aromatic nitrogens is 1. The van der Waals surface area contributed by atoms with Crippen LogP contribution in [-0.4, -0.2) is 15.8 Å². The molecule has 0 saturated heterocycles. The van der Waals surface area contributed by atoms with Gasteiger partial charge in [0.05, 0.1) is 5.71 Å². The van der Waals surface area contributed by atoms with Crippen LogP contribution in [0.2, 0.25) is 0 Å². The van der Waals surface area contributed by atoms with Gasteiger partial charge in [0.25, 0.3) is 11.9 Å². The van der Waals surface area contributed by atoms with Crippen LogP contribution in [-0.2, 0) is 0 Å². The molecule has 0 saturated carbocycles. The van der Waals surface area contributed by atoms with Crippen molar-refractivity contribution in [1.82, 2.24) is 4.98 Å². The largest absolute Gasteiger partial charge is 0.507 e. The van der Waals surface area contributed by atoms with Gasteiger partial charge in [-0.1, -0.05) is 12.1 Å². The van der Waals surface area contributed by atoms with Crippen molar-refractivity contribution in [3.63, 3.8) is 0 Å². The first-order valence-electron chi connectivity index (χ1n) is 5.70. The summed E-state index contributed by atoms with van der Waals surface area (Å²) in [7, 11) is 0. The summed E-state index contributed by atoms with van der Waals surface area (Å²) in [6.07, 6.45) is 0. The first-order valence-corrected chi connectivity index (χ1v) is 5.70. The van der Waals surface area contributed by atoms with E-state index in [-0.39, 0.29) is 11.5 Å². The maximum atomic E-state index is 13.3. The van der Waals surface area contributed by atoms with Gasteiger partial charge in [0.1, 0.15) is 11.4 Å². The summed E-state index contributed by atoms with van der Waals surface area (Å²) < 4.78 is 52.5. The Kier molecular flexibility index (Phi) is 4.06. The Balaban J connectivity index is 2.36. The molecule has 2 N–H and O–H groups in total. The Bertz CT molecular complexity index is 693. The molecule has 8 heteroatoms. The molecular weight excluding hydrogens is 290 g/mol. The van der Waals surface area contributed by atoms with Gasteiger partial charge < -0.3 is 5.11 Å². The monoisotopic (exact) mass is 299 g/mol. The lowest BCUT2D eigenvalue weighted by atomic mass is 10.1. The minimum atomic E-state index is -1.79. The summed E-state index contributed by atoms with van der Waals surface area (Å²) >= 11 is 0. The number of anilines is 1. The number of nitrogens with one attached hydrogen (secondary N) is 1. The molecule has 4 nitrogen and oxygen atoms in total. The van der Waals surface area contributed by atoms with E-state index >= 15 is 0 Å². The highest BCUT2D eigenvalue weighted by Crippen LogP contribution is 2.22. The van der Waals surface area contributed by atoms with Crippen molar-refractivity contribution in [2.45, 2.75) is 6.92 Å². The minimum absolute atomic E-state index is 0.103. The summed E-state index contributed by atoms with van der Waals surface area (Å²) in [6, 6.07) is 6.09. The summed E-state index contributed by atoms with van der Waals surface area (Å²) in [4.78, 5) is 2.42. The lowest BCUT2D eigenvalue weighted by Crippen LogP contribution is -2.07. The van der Waals surface area contributed by atoms with E-state index in [0.29, 0.717) is 5.56 Å². The van der Waals surface area contributed by atoms with Crippen LogP contribution in [0.4, 0.5) is 23.2 Å². The van der Waals surface area contributed by atoms with Crippen LogP contribution in [0.3, 0.4) is 0 Å². The van der Waals surface area contributed by atoms with E-state index in [1.807, 2.05) is 5.43 Å². The predicted molar refractivity (Wildman–Crippen MR) is 68.0 cm³/mol. The molecule has 0 atom stereocenters. The average molecular weight is 299 g/mol. The maximum Gasteiger partial charge on any atom is 0.254 e. The molecule has 1 aromatic heterocycles. The van der Waals surface area contributed by atoms with Gasteiger partial charge in [-0.25, -0.2) is 0 Å². The van der Waals surface area contributed by atoms with Gasteiger partial charge in [-0.2, -0.15) is 27.6 Å². The van der Waals surface area contributed by atoms with E-state index in [1.165, 1.54) is 19.1 Å². The molecular formula is C13H9F4N3O. The number of para-hydroxylation sites is 1. The molecule has 0 aliphatic heterocycles. The van der Waals surface area contributed by atoms with E-state index in [9.17, 15) is 22.7 Å². The summed E-state index contributed by atoms with van der Waals surface area (Å²) in [5.74, 6) is -7.06. The van der Waals surface area contributed by atoms with Crippen molar-refractivity contribution in [3.05, 3.63) is 53.4 Å². The number of aromatic hydroxyl groups is 1. The van der Waals surface area contributed by atoms with E-state index < -0.39 is 29.2 Å². The van der Waals surface area contributed by atoms with Gasteiger partial charge in [-0.15, -0.1) is 0 Å². The lowest BCUT2D eigenvalue weighted by Gasteiger charge is -2.07. The predicted octanol–water partition coefficient (Wildman–Crippen LogP) is 3.18. The normalized spacial score (nSPS) is 11.6. The highest BCUT2D eigenvalue weighted by Gasteiger charge is 2.20. The average Bonchev–Trinajstić information content (AvgIpc) is 2.45. The topological polar surface area (TPSA) is 57.5 Å². The van der Waals surface area contributed by atoms with Crippen molar-refractivity contribution >= 4 is 11.4 Å². The van der Waals surface area contributed by atoms with Crippen LogP contribution >= 0.6 is 0 Å². The zero-order chi connectivity index (χ0) is 15.6. The molecule has 1 aromatic carbocycles. The van der Waals surface area contributed by atoms with Crippen LogP contribution < -0.4 is 5.43 Å². The molecule has 0 radical (unpaired) electrons. The SMILES string of the molecule is C/C(=N\Nc1c(F)c(F)nc(F)c1F)c1ccccc1O. The highest BCUT2D eigenvalue weighted by molar-refractivity contribution is 6.01. The summed E-state index contributed by atoms with van der Waals surface area (Å²) in [5.41, 5.74) is 1.24. The van der Waals surface area contributed by atoms with E-state index in [1.54, 1.807) is 12.1 Å². The molecule has 0 aliphatic carbocycles. The number of rotatable bonds is 3. The van der Waals surface area contributed by atoms with Crippen molar-refractivity contribution in [2.24, 2.45) is 5.10 Å². The van der Waals surface area contributed by atoms with Crippen LogP contribution in [0, 0.1) is 23.5 Å². The smallest absolute Gasteiger partial charge is 0.254 e. The third kappa shape index (κ3) is 2.93. The van der Waals surface area contributed by atoms with Gasteiger partial charge in [-0.05, 0) is 19.1 Å². The second-order valence-electron chi connectivity index (χ2n) is 4.02. The molecule has 0 aliphatic rings. The van der Waals surface area contributed by atoms with Crippen LogP contribution in [0.1, 0.15) is 12.5 Å².